The van der Waals surface area contributed by atoms with Gasteiger partial charge >= 0.3 is 0 Å². The van der Waals surface area contributed by atoms with Gasteiger partial charge in [-0.25, -0.2) is 13.4 Å². The highest BCUT2D eigenvalue weighted by atomic mass is 32.2. The van der Waals surface area contributed by atoms with Crippen LogP contribution in [0.4, 0.5) is 5.69 Å². The van der Waals surface area contributed by atoms with Gasteiger partial charge in [0.1, 0.15) is 5.75 Å². The Balaban J connectivity index is 1.65. The van der Waals surface area contributed by atoms with E-state index in [0.29, 0.717) is 30.0 Å². The van der Waals surface area contributed by atoms with E-state index < -0.39 is 28.1 Å². The molecule has 0 fully saturated rings. The van der Waals surface area contributed by atoms with Crippen molar-refractivity contribution in [3.05, 3.63) is 72.2 Å². The number of imidazole rings is 1. The molecule has 1 aliphatic rings. The molecule has 0 unspecified atom stereocenters. The number of anilines is 1. The molecule has 4 atom stereocenters. The number of aryl methyl sites for hydroxylation is 1. The van der Waals surface area contributed by atoms with E-state index in [1.54, 1.807) is 65.9 Å². The highest BCUT2D eigenvalue weighted by molar-refractivity contribution is 7.89. The van der Waals surface area contributed by atoms with Gasteiger partial charge in [-0.15, -0.1) is 0 Å². The van der Waals surface area contributed by atoms with Crippen LogP contribution in [-0.4, -0.2) is 95.7 Å². The third kappa shape index (κ3) is 8.72. The minimum Gasteiger partial charge on any atom is -0.490 e. The van der Waals surface area contributed by atoms with Crippen molar-refractivity contribution in [2.45, 2.75) is 63.3 Å². The second-order valence-electron chi connectivity index (χ2n) is 12.0. The Kier molecular flexibility index (Phi) is 12.0. The Morgan fingerprint density at radius 1 is 1.17 bits per heavy atom. The average Bonchev–Trinajstić information content (AvgIpc) is 3.49. The Hall–Kier alpha value is -3.78. The Morgan fingerprint density at radius 2 is 1.91 bits per heavy atom. The number of aromatic nitrogens is 2. The number of hydrogen-bond acceptors (Lipinski definition) is 8. The van der Waals surface area contributed by atoms with Crippen molar-refractivity contribution < 1.29 is 32.6 Å². The van der Waals surface area contributed by atoms with Gasteiger partial charge in [-0.3, -0.25) is 9.59 Å². The van der Waals surface area contributed by atoms with Crippen LogP contribution in [-0.2, 0) is 21.8 Å². The van der Waals surface area contributed by atoms with Crippen LogP contribution >= 0.6 is 0 Å². The Bertz CT molecular complexity index is 1580. The van der Waals surface area contributed by atoms with E-state index in [0.717, 1.165) is 12.8 Å². The highest BCUT2D eigenvalue weighted by Crippen LogP contribution is 2.29. The summed E-state index contributed by atoms with van der Waals surface area (Å²) in [4.78, 5) is 32.8. The van der Waals surface area contributed by atoms with E-state index in [9.17, 15) is 23.1 Å². The summed E-state index contributed by atoms with van der Waals surface area (Å²) < 4.78 is 41.9. The summed E-state index contributed by atoms with van der Waals surface area (Å²) in [6.45, 7) is 5.89. The first-order chi connectivity index (χ1) is 21.9. The topological polar surface area (TPSA) is 143 Å². The molecule has 0 spiro atoms. The van der Waals surface area contributed by atoms with Gasteiger partial charge in [0.25, 0.3) is 21.8 Å². The zero-order chi connectivity index (χ0) is 33.4. The average molecular weight is 656 g/mol. The molecule has 13 heteroatoms. The van der Waals surface area contributed by atoms with E-state index in [-0.39, 0.29) is 48.2 Å². The number of ether oxygens (including phenoxy) is 2. The fraction of sp³-hybridized carbons (Fsp3) is 0.485. The van der Waals surface area contributed by atoms with Crippen LogP contribution < -0.4 is 10.1 Å². The van der Waals surface area contributed by atoms with E-state index in [2.05, 4.69) is 10.3 Å². The molecule has 2 heterocycles. The van der Waals surface area contributed by atoms with Crippen molar-refractivity contribution in [1.82, 2.24) is 18.8 Å². The summed E-state index contributed by atoms with van der Waals surface area (Å²) in [6.07, 6.45) is 4.35. The molecule has 2 N–H and O–H groups in total. The van der Waals surface area contributed by atoms with Gasteiger partial charge in [0.2, 0.25) is 0 Å². The first-order valence-electron chi connectivity index (χ1n) is 15.6. The number of amides is 2. The van der Waals surface area contributed by atoms with Crippen LogP contribution in [0.2, 0.25) is 0 Å². The molecule has 0 aliphatic carbocycles. The molecule has 3 aromatic rings. The zero-order valence-electron chi connectivity index (χ0n) is 27.1. The van der Waals surface area contributed by atoms with Crippen molar-refractivity contribution in [2.75, 3.05) is 38.7 Å². The van der Waals surface area contributed by atoms with E-state index in [4.69, 9.17) is 9.47 Å². The van der Waals surface area contributed by atoms with Gasteiger partial charge in [-0.05, 0) is 63.4 Å². The van der Waals surface area contributed by atoms with Crippen LogP contribution in [0.3, 0.4) is 0 Å². The minimum absolute atomic E-state index is 0.0430. The number of sulfonamides is 1. The fourth-order valence-electron chi connectivity index (χ4n) is 5.29. The van der Waals surface area contributed by atoms with Gasteiger partial charge in [0.15, 0.2) is 5.03 Å². The summed E-state index contributed by atoms with van der Waals surface area (Å²) in [5.74, 6) is -0.658. The van der Waals surface area contributed by atoms with Crippen molar-refractivity contribution in [3.63, 3.8) is 0 Å². The number of hydrogen-bond donors (Lipinski definition) is 2. The van der Waals surface area contributed by atoms with Crippen LogP contribution in [0.25, 0.3) is 0 Å². The predicted octanol–water partition coefficient (Wildman–Crippen LogP) is 3.79. The number of carbonyl (C=O) groups is 2. The summed E-state index contributed by atoms with van der Waals surface area (Å²) in [7, 11) is -0.687. The maximum absolute atomic E-state index is 14.3. The lowest BCUT2D eigenvalue weighted by Crippen LogP contribution is -2.48. The highest BCUT2D eigenvalue weighted by Gasteiger charge is 2.33. The number of aliphatic hydroxyl groups excluding tert-OH is 1. The largest absolute Gasteiger partial charge is 0.490 e. The lowest BCUT2D eigenvalue weighted by atomic mass is 10.0. The quantitative estimate of drug-likeness (QED) is 0.373. The number of nitrogens with one attached hydrogen (secondary N) is 1. The minimum atomic E-state index is -3.88. The van der Waals surface area contributed by atoms with Crippen molar-refractivity contribution in [3.8, 4) is 5.75 Å². The second-order valence-corrected chi connectivity index (χ2v) is 14.0. The summed E-state index contributed by atoms with van der Waals surface area (Å²) in [5, 5.41) is 13.0. The molecule has 0 radical (unpaired) electrons. The molecule has 1 aromatic heterocycles. The Labute approximate surface area is 271 Å². The van der Waals surface area contributed by atoms with Gasteiger partial charge < -0.3 is 29.4 Å². The molecule has 0 bridgehead atoms. The van der Waals surface area contributed by atoms with Gasteiger partial charge in [0.05, 0.1) is 36.7 Å². The summed E-state index contributed by atoms with van der Waals surface area (Å²) in [6, 6.07) is 13.2. The standard InChI is InChI=1S/C33H45N5O7S/c1-23-18-38(24(2)21-39)33(41)28-17-27(35-32(40)26-12-7-6-8-13-26)14-15-29(28)45-25(3)11-9-10-16-44-30(23)19-37(5)46(42,43)31-20-36(4)22-34-31/h6-8,12-15,17,20,22-25,30,39H,9-11,16,18-19,21H2,1-5H3,(H,35,40)/t23-,24-,25-,30+/m0/s1. The number of carbonyl (C=O) groups excluding carboxylic acids is 2. The lowest BCUT2D eigenvalue weighted by molar-refractivity contribution is -0.00835. The molecule has 2 aromatic carbocycles. The molecular formula is C33H45N5O7S. The van der Waals surface area contributed by atoms with Gasteiger partial charge in [-0.2, -0.15) is 4.31 Å². The number of nitrogens with zero attached hydrogens (tertiary/aromatic N) is 4. The molecule has 0 saturated heterocycles. The molecule has 4 rings (SSSR count). The van der Waals surface area contributed by atoms with Crippen molar-refractivity contribution in [2.24, 2.45) is 13.0 Å². The normalized spacial score (nSPS) is 20.8. The van der Waals surface area contributed by atoms with Crippen LogP contribution in [0.5, 0.6) is 5.75 Å². The molecular weight excluding hydrogens is 610 g/mol. The summed E-state index contributed by atoms with van der Waals surface area (Å²) >= 11 is 0. The number of fused-ring (bicyclic) bond motifs is 1. The first-order valence-corrected chi connectivity index (χ1v) is 17.0. The number of rotatable bonds is 8. The smallest absolute Gasteiger partial charge is 0.261 e. The van der Waals surface area contributed by atoms with E-state index in [1.807, 2.05) is 19.9 Å². The maximum Gasteiger partial charge on any atom is 0.261 e. The maximum atomic E-state index is 14.3. The van der Waals surface area contributed by atoms with Gasteiger partial charge in [0, 0.05) is 57.2 Å². The summed E-state index contributed by atoms with van der Waals surface area (Å²) in [5.41, 5.74) is 1.14. The SMILES string of the molecule is C[C@H]1CCCCO[C@H](CN(C)S(=O)(=O)c2cn(C)cn2)[C@@H](C)CN([C@@H](C)CO)C(=O)c2cc(NC(=O)c3ccccc3)ccc2O1. The molecule has 1 aliphatic heterocycles. The van der Waals surface area contributed by atoms with Crippen LogP contribution in [0.1, 0.15) is 60.7 Å². The Morgan fingerprint density at radius 3 is 2.59 bits per heavy atom. The first kappa shape index (κ1) is 35.1. The zero-order valence-corrected chi connectivity index (χ0v) is 27.9. The predicted molar refractivity (Wildman–Crippen MR) is 174 cm³/mol. The van der Waals surface area contributed by atoms with E-state index in [1.165, 1.54) is 23.9 Å². The fourth-order valence-corrected chi connectivity index (χ4v) is 6.43. The monoisotopic (exact) mass is 655 g/mol. The number of benzene rings is 2. The molecule has 0 saturated carbocycles. The molecule has 2 amide bonds. The molecule has 12 nitrogen and oxygen atoms in total. The molecule has 250 valence electrons. The van der Waals surface area contributed by atoms with Crippen molar-refractivity contribution in [1.29, 1.82) is 0 Å². The molecule has 46 heavy (non-hydrogen) atoms. The number of likely N-dealkylation sites (N-methyl/N-ethyl adjacent to an activating group) is 1. The van der Waals surface area contributed by atoms with Gasteiger partial charge in [-0.1, -0.05) is 25.1 Å². The lowest BCUT2D eigenvalue weighted by Gasteiger charge is -2.35. The van der Waals surface area contributed by atoms with Crippen LogP contribution in [0, 0.1) is 5.92 Å². The third-order valence-electron chi connectivity index (χ3n) is 8.14. The van der Waals surface area contributed by atoms with E-state index >= 15 is 0 Å². The number of aliphatic hydroxyl groups is 1. The third-order valence-corrected chi connectivity index (χ3v) is 9.85. The van der Waals surface area contributed by atoms with Crippen molar-refractivity contribution >= 4 is 27.5 Å². The van der Waals surface area contributed by atoms with Crippen LogP contribution in [0.15, 0.2) is 66.1 Å². The second kappa shape index (κ2) is 15.7.